The summed E-state index contributed by atoms with van der Waals surface area (Å²) in [4.78, 5) is 35.3. The summed E-state index contributed by atoms with van der Waals surface area (Å²) in [5.74, 6) is 2.20. The summed E-state index contributed by atoms with van der Waals surface area (Å²) < 4.78 is 7.65. The van der Waals surface area contributed by atoms with Crippen LogP contribution in [0.3, 0.4) is 0 Å². The second-order valence-electron chi connectivity index (χ2n) is 6.22. The molecule has 0 radical (unpaired) electrons. The molecule has 0 aliphatic heterocycles. The SMILES string of the molecule is C[C@H]1C[C@H]1c1ccc(/C=N\NC(=O)CSc2nn(C)c(=O)n(C)c2=O)o1. The molecule has 138 valence electrons. The first-order valence-electron chi connectivity index (χ1n) is 8.05. The van der Waals surface area contributed by atoms with Crippen LogP contribution < -0.4 is 16.7 Å². The van der Waals surface area contributed by atoms with Crippen molar-refractivity contribution < 1.29 is 9.21 Å². The van der Waals surface area contributed by atoms with Crippen LogP contribution in [0.5, 0.6) is 0 Å². The van der Waals surface area contributed by atoms with Crippen LogP contribution in [0.15, 0.2) is 36.3 Å². The van der Waals surface area contributed by atoms with E-state index < -0.39 is 17.2 Å². The van der Waals surface area contributed by atoms with Gasteiger partial charge in [0.25, 0.3) is 5.56 Å². The van der Waals surface area contributed by atoms with Crippen LogP contribution in [0.4, 0.5) is 0 Å². The van der Waals surface area contributed by atoms with E-state index in [2.05, 4.69) is 22.5 Å². The fraction of sp³-hybridized carbons (Fsp3) is 0.438. The number of carbonyl (C=O) groups excluding carboxylic acids is 1. The number of hydrogen-bond acceptors (Lipinski definition) is 7. The predicted octanol–water partition coefficient (Wildman–Crippen LogP) is 0.438. The zero-order valence-electron chi connectivity index (χ0n) is 14.6. The first-order valence-corrected chi connectivity index (χ1v) is 9.04. The number of nitrogens with zero attached hydrogens (tertiary/aromatic N) is 4. The van der Waals surface area contributed by atoms with Crippen molar-refractivity contribution >= 4 is 23.9 Å². The van der Waals surface area contributed by atoms with Crippen molar-refractivity contribution in [1.29, 1.82) is 0 Å². The van der Waals surface area contributed by atoms with Crippen molar-refractivity contribution in [3.8, 4) is 0 Å². The molecule has 2 aromatic heterocycles. The van der Waals surface area contributed by atoms with Crippen molar-refractivity contribution in [2.45, 2.75) is 24.3 Å². The molecule has 1 aliphatic rings. The molecular formula is C16H19N5O4S. The van der Waals surface area contributed by atoms with Gasteiger partial charge < -0.3 is 4.42 Å². The fourth-order valence-electron chi connectivity index (χ4n) is 2.45. The summed E-state index contributed by atoms with van der Waals surface area (Å²) in [6.45, 7) is 2.17. The molecule has 1 amide bonds. The van der Waals surface area contributed by atoms with Gasteiger partial charge in [-0.2, -0.15) is 10.2 Å². The van der Waals surface area contributed by atoms with E-state index in [-0.39, 0.29) is 10.8 Å². The van der Waals surface area contributed by atoms with E-state index in [4.69, 9.17) is 4.42 Å². The Morgan fingerprint density at radius 1 is 1.46 bits per heavy atom. The van der Waals surface area contributed by atoms with E-state index in [0.29, 0.717) is 17.6 Å². The highest BCUT2D eigenvalue weighted by atomic mass is 32.2. The number of thioether (sulfide) groups is 1. The summed E-state index contributed by atoms with van der Waals surface area (Å²) >= 11 is 0.941. The molecule has 2 heterocycles. The van der Waals surface area contributed by atoms with Gasteiger partial charge in [-0.05, 0) is 24.5 Å². The standard InChI is InChI=1S/C16H19N5O4S/c1-9-6-11(9)12-5-4-10(25-12)7-17-18-13(22)8-26-14-15(23)20(2)16(24)21(3)19-14/h4-5,7,9,11H,6,8H2,1-3H3,(H,18,22)/b17-7-/t9-,11+/m0/s1. The van der Waals surface area contributed by atoms with E-state index in [1.807, 2.05) is 12.1 Å². The molecule has 0 spiro atoms. The van der Waals surface area contributed by atoms with Gasteiger partial charge in [0.1, 0.15) is 11.5 Å². The molecule has 26 heavy (non-hydrogen) atoms. The number of rotatable bonds is 6. The summed E-state index contributed by atoms with van der Waals surface area (Å²) in [5, 5.41) is 7.78. The van der Waals surface area contributed by atoms with Gasteiger partial charge in [0.2, 0.25) is 5.91 Å². The van der Waals surface area contributed by atoms with E-state index in [9.17, 15) is 14.4 Å². The lowest BCUT2D eigenvalue weighted by molar-refractivity contribution is -0.118. The van der Waals surface area contributed by atoms with Gasteiger partial charge in [0, 0.05) is 20.0 Å². The summed E-state index contributed by atoms with van der Waals surface area (Å²) in [6, 6.07) is 3.73. The molecule has 1 aliphatic carbocycles. The second kappa shape index (κ2) is 7.32. The van der Waals surface area contributed by atoms with Crippen LogP contribution in [0.1, 0.15) is 30.8 Å². The van der Waals surface area contributed by atoms with Gasteiger partial charge in [-0.25, -0.2) is 14.9 Å². The van der Waals surface area contributed by atoms with Crippen molar-refractivity contribution in [1.82, 2.24) is 19.8 Å². The Morgan fingerprint density at radius 2 is 2.19 bits per heavy atom. The molecule has 1 N–H and O–H groups in total. The Morgan fingerprint density at radius 3 is 2.88 bits per heavy atom. The van der Waals surface area contributed by atoms with Gasteiger partial charge in [-0.1, -0.05) is 18.7 Å². The first kappa shape index (κ1) is 18.2. The highest BCUT2D eigenvalue weighted by Gasteiger charge is 2.36. The number of nitrogens with one attached hydrogen (secondary N) is 1. The van der Waals surface area contributed by atoms with Gasteiger partial charge in [0.15, 0.2) is 5.03 Å². The molecule has 9 nitrogen and oxygen atoms in total. The number of amides is 1. The maximum atomic E-state index is 11.9. The minimum atomic E-state index is -0.535. The molecule has 0 bridgehead atoms. The minimum absolute atomic E-state index is 0.0548. The quantitative estimate of drug-likeness (QED) is 0.444. The van der Waals surface area contributed by atoms with Gasteiger partial charge in [-0.15, -0.1) is 0 Å². The zero-order valence-corrected chi connectivity index (χ0v) is 15.4. The van der Waals surface area contributed by atoms with Crippen molar-refractivity contribution in [3.63, 3.8) is 0 Å². The molecule has 1 fully saturated rings. The number of aromatic nitrogens is 3. The molecule has 10 heteroatoms. The monoisotopic (exact) mass is 377 g/mol. The molecule has 0 saturated heterocycles. The molecular weight excluding hydrogens is 358 g/mol. The minimum Gasteiger partial charge on any atom is -0.460 e. The number of carbonyl (C=O) groups is 1. The summed E-state index contributed by atoms with van der Waals surface area (Å²) in [7, 11) is 2.80. The number of furan rings is 1. The third kappa shape index (κ3) is 3.96. The Labute approximate surface area is 153 Å². The molecule has 3 rings (SSSR count). The lowest BCUT2D eigenvalue weighted by Gasteiger charge is -2.04. The van der Waals surface area contributed by atoms with Crippen LogP contribution in [-0.2, 0) is 18.9 Å². The van der Waals surface area contributed by atoms with Crippen LogP contribution >= 0.6 is 11.8 Å². The van der Waals surface area contributed by atoms with Crippen LogP contribution in [-0.4, -0.2) is 32.2 Å². The Kier molecular flexibility index (Phi) is 5.12. The third-order valence-electron chi connectivity index (χ3n) is 4.14. The topological polar surface area (TPSA) is 111 Å². The summed E-state index contributed by atoms with van der Waals surface area (Å²) in [5.41, 5.74) is 1.31. The average Bonchev–Trinajstić information content (AvgIpc) is 3.15. The lowest BCUT2D eigenvalue weighted by atomic mass is 10.3. The Hall–Kier alpha value is -2.62. The Balaban J connectivity index is 1.52. The first-order chi connectivity index (χ1) is 12.4. The van der Waals surface area contributed by atoms with Crippen LogP contribution in [0.2, 0.25) is 0 Å². The van der Waals surface area contributed by atoms with Crippen molar-refractivity contribution in [2.75, 3.05) is 5.75 Å². The van der Waals surface area contributed by atoms with Gasteiger partial charge >= 0.3 is 5.69 Å². The average molecular weight is 377 g/mol. The van der Waals surface area contributed by atoms with Crippen LogP contribution in [0.25, 0.3) is 0 Å². The summed E-state index contributed by atoms with van der Waals surface area (Å²) in [6.07, 6.45) is 2.57. The van der Waals surface area contributed by atoms with Crippen LogP contribution in [0, 0.1) is 5.92 Å². The molecule has 2 aromatic rings. The van der Waals surface area contributed by atoms with E-state index >= 15 is 0 Å². The normalized spacial score (nSPS) is 19.0. The number of aryl methyl sites for hydroxylation is 1. The Bertz CT molecular complexity index is 974. The van der Waals surface area contributed by atoms with E-state index in [0.717, 1.165) is 33.2 Å². The van der Waals surface area contributed by atoms with E-state index in [1.165, 1.54) is 20.3 Å². The third-order valence-corrected chi connectivity index (χ3v) is 5.07. The largest absolute Gasteiger partial charge is 0.460 e. The maximum Gasteiger partial charge on any atom is 0.346 e. The number of hydrazone groups is 1. The second-order valence-corrected chi connectivity index (χ2v) is 7.18. The highest BCUT2D eigenvalue weighted by molar-refractivity contribution is 7.99. The molecule has 2 atom stereocenters. The van der Waals surface area contributed by atoms with Gasteiger partial charge in [-0.3, -0.25) is 14.2 Å². The molecule has 1 saturated carbocycles. The molecule has 0 unspecified atom stereocenters. The zero-order chi connectivity index (χ0) is 18.8. The molecule has 0 aromatic carbocycles. The number of hydrogen-bond donors (Lipinski definition) is 1. The lowest BCUT2D eigenvalue weighted by Crippen LogP contribution is -2.39. The highest BCUT2D eigenvalue weighted by Crippen LogP contribution is 2.47. The van der Waals surface area contributed by atoms with Gasteiger partial charge in [0.05, 0.1) is 12.0 Å². The van der Waals surface area contributed by atoms with E-state index in [1.54, 1.807) is 0 Å². The smallest absolute Gasteiger partial charge is 0.346 e. The van der Waals surface area contributed by atoms with Crippen molar-refractivity contribution in [2.24, 2.45) is 25.1 Å². The van der Waals surface area contributed by atoms with Crippen molar-refractivity contribution in [3.05, 3.63) is 44.5 Å². The maximum absolute atomic E-state index is 11.9. The fourth-order valence-corrected chi connectivity index (χ4v) is 3.22. The predicted molar refractivity (Wildman–Crippen MR) is 96.4 cm³/mol.